The van der Waals surface area contributed by atoms with Gasteiger partial charge in [-0.2, -0.15) is 0 Å². The zero-order valence-corrected chi connectivity index (χ0v) is 16.9. The van der Waals surface area contributed by atoms with Crippen LogP contribution in [0.1, 0.15) is 16.3 Å². The van der Waals surface area contributed by atoms with E-state index in [1.807, 2.05) is 51.1 Å². The molecule has 1 amide bonds. The van der Waals surface area contributed by atoms with Crippen molar-refractivity contribution in [3.63, 3.8) is 0 Å². The molecule has 0 fully saturated rings. The summed E-state index contributed by atoms with van der Waals surface area (Å²) in [5.41, 5.74) is 3.61. The second-order valence-corrected chi connectivity index (χ2v) is 8.28. The van der Waals surface area contributed by atoms with Crippen LogP contribution in [0.5, 0.6) is 0 Å². The van der Waals surface area contributed by atoms with Gasteiger partial charge in [-0.05, 0) is 39.0 Å². The number of carbonyl (C=O) groups is 1. The molecule has 0 aliphatic rings. The first-order valence-corrected chi connectivity index (χ1v) is 10.1. The van der Waals surface area contributed by atoms with Crippen molar-refractivity contribution in [1.82, 2.24) is 15.0 Å². The van der Waals surface area contributed by atoms with Gasteiger partial charge in [-0.25, -0.2) is 15.0 Å². The van der Waals surface area contributed by atoms with E-state index in [0.717, 1.165) is 27.5 Å². The number of hydrogen-bond donors (Lipinski definition) is 1. The average molecular weight is 405 g/mol. The standard InChI is InChI=1S/C18H17ClN4OS2/c1-10-8-11(2)21-17(20-10)25-9-15(24)22-18-23-16(12(3)26-18)13-4-6-14(19)7-5-13/h4-8H,9H2,1-3H3,(H,22,23,24). The zero-order chi connectivity index (χ0) is 18.7. The van der Waals surface area contributed by atoms with Gasteiger partial charge >= 0.3 is 0 Å². The Labute approximate surface area is 165 Å². The molecule has 1 N–H and O–H groups in total. The molecular weight excluding hydrogens is 388 g/mol. The molecule has 0 spiro atoms. The van der Waals surface area contributed by atoms with Crippen LogP contribution in [0.15, 0.2) is 35.5 Å². The monoisotopic (exact) mass is 404 g/mol. The number of hydrogen-bond acceptors (Lipinski definition) is 6. The smallest absolute Gasteiger partial charge is 0.236 e. The van der Waals surface area contributed by atoms with Crippen LogP contribution < -0.4 is 5.32 Å². The highest BCUT2D eigenvalue weighted by molar-refractivity contribution is 7.99. The minimum absolute atomic E-state index is 0.130. The lowest BCUT2D eigenvalue weighted by atomic mass is 10.1. The highest BCUT2D eigenvalue weighted by atomic mass is 35.5. The molecular formula is C18H17ClN4OS2. The summed E-state index contributed by atoms with van der Waals surface area (Å²) in [6.45, 7) is 5.81. The third-order valence-electron chi connectivity index (χ3n) is 3.45. The van der Waals surface area contributed by atoms with E-state index in [-0.39, 0.29) is 11.7 Å². The Bertz CT molecular complexity index is 921. The number of amides is 1. The second-order valence-electron chi connectivity index (χ2n) is 5.70. The van der Waals surface area contributed by atoms with E-state index in [9.17, 15) is 4.79 Å². The minimum Gasteiger partial charge on any atom is -0.301 e. The molecule has 1 aromatic carbocycles. The summed E-state index contributed by atoms with van der Waals surface area (Å²) in [7, 11) is 0. The summed E-state index contributed by atoms with van der Waals surface area (Å²) in [6.07, 6.45) is 0. The van der Waals surface area contributed by atoms with E-state index < -0.39 is 0 Å². The Kier molecular flexibility index (Phi) is 5.90. The molecule has 0 aliphatic heterocycles. The van der Waals surface area contributed by atoms with Crippen LogP contribution in [-0.2, 0) is 4.79 Å². The Morgan fingerprint density at radius 1 is 1.12 bits per heavy atom. The number of halogens is 1. The molecule has 5 nitrogen and oxygen atoms in total. The van der Waals surface area contributed by atoms with Gasteiger partial charge in [0.25, 0.3) is 0 Å². The Balaban J connectivity index is 1.64. The van der Waals surface area contributed by atoms with Gasteiger partial charge in [0, 0.05) is 26.9 Å². The van der Waals surface area contributed by atoms with Crippen LogP contribution in [0, 0.1) is 20.8 Å². The third kappa shape index (κ3) is 4.81. The lowest BCUT2D eigenvalue weighted by molar-refractivity contribution is -0.113. The molecule has 26 heavy (non-hydrogen) atoms. The van der Waals surface area contributed by atoms with E-state index in [1.54, 1.807) is 0 Å². The molecule has 8 heteroatoms. The highest BCUT2D eigenvalue weighted by Gasteiger charge is 2.13. The fourth-order valence-electron chi connectivity index (χ4n) is 2.37. The van der Waals surface area contributed by atoms with Crippen LogP contribution in [-0.4, -0.2) is 26.6 Å². The summed E-state index contributed by atoms with van der Waals surface area (Å²) < 4.78 is 0. The summed E-state index contributed by atoms with van der Waals surface area (Å²) in [5, 5.41) is 4.72. The van der Waals surface area contributed by atoms with Gasteiger partial charge in [-0.3, -0.25) is 4.79 Å². The second kappa shape index (κ2) is 8.16. The lowest BCUT2D eigenvalue weighted by Crippen LogP contribution is -2.14. The molecule has 2 heterocycles. The lowest BCUT2D eigenvalue weighted by Gasteiger charge is -2.03. The predicted octanol–water partition coefficient (Wildman–Crippen LogP) is 4.91. The number of thioether (sulfide) groups is 1. The molecule has 0 saturated heterocycles. The number of benzene rings is 1. The Morgan fingerprint density at radius 3 is 2.42 bits per heavy atom. The fraction of sp³-hybridized carbons (Fsp3) is 0.222. The third-order valence-corrected chi connectivity index (χ3v) is 5.44. The summed E-state index contributed by atoms with van der Waals surface area (Å²) in [6, 6.07) is 9.40. The number of nitrogens with zero attached hydrogens (tertiary/aromatic N) is 3. The van der Waals surface area contributed by atoms with Crippen LogP contribution in [0.25, 0.3) is 11.3 Å². The highest BCUT2D eigenvalue weighted by Crippen LogP contribution is 2.31. The van der Waals surface area contributed by atoms with Crippen molar-refractivity contribution in [3.8, 4) is 11.3 Å². The molecule has 3 aromatic rings. The van der Waals surface area contributed by atoms with Crippen molar-refractivity contribution in [2.45, 2.75) is 25.9 Å². The van der Waals surface area contributed by atoms with E-state index in [0.29, 0.717) is 15.3 Å². The van der Waals surface area contributed by atoms with Crippen LogP contribution >= 0.6 is 34.7 Å². The maximum absolute atomic E-state index is 12.2. The Hall–Kier alpha value is -1.96. The van der Waals surface area contributed by atoms with Crippen molar-refractivity contribution in [3.05, 3.63) is 51.6 Å². The first-order chi connectivity index (χ1) is 12.4. The largest absolute Gasteiger partial charge is 0.301 e. The van der Waals surface area contributed by atoms with Crippen molar-refractivity contribution < 1.29 is 4.79 Å². The van der Waals surface area contributed by atoms with E-state index in [2.05, 4.69) is 20.3 Å². The Morgan fingerprint density at radius 2 is 1.77 bits per heavy atom. The van der Waals surface area contributed by atoms with Gasteiger partial charge in [-0.15, -0.1) is 11.3 Å². The summed E-state index contributed by atoms with van der Waals surface area (Å²) in [5.74, 6) is 0.104. The molecule has 134 valence electrons. The normalized spacial score (nSPS) is 10.8. The molecule has 0 unspecified atom stereocenters. The predicted molar refractivity (Wildman–Crippen MR) is 108 cm³/mol. The zero-order valence-electron chi connectivity index (χ0n) is 14.5. The molecule has 2 aromatic heterocycles. The van der Waals surface area contributed by atoms with Crippen molar-refractivity contribution in [2.75, 3.05) is 11.1 Å². The molecule has 0 aliphatic carbocycles. The summed E-state index contributed by atoms with van der Waals surface area (Å²) in [4.78, 5) is 26.4. The fourth-order valence-corrected chi connectivity index (χ4v) is 4.10. The number of nitrogens with one attached hydrogen (secondary N) is 1. The van der Waals surface area contributed by atoms with Gasteiger partial charge in [0.05, 0.1) is 11.4 Å². The van der Waals surface area contributed by atoms with Gasteiger partial charge in [0.1, 0.15) is 0 Å². The number of rotatable bonds is 5. The van der Waals surface area contributed by atoms with Crippen LogP contribution in [0.2, 0.25) is 5.02 Å². The average Bonchev–Trinajstić information content (AvgIpc) is 2.93. The molecule has 0 bridgehead atoms. The van der Waals surface area contributed by atoms with Gasteiger partial charge in [-0.1, -0.05) is 35.5 Å². The number of anilines is 1. The van der Waals surface area contributed by atoms with Crippen LogP contribution in [0.3, 0.4) is 0 Å². The summed E-state index contributed by atoms with van der Waals surface area (Å²) >= 11 is 8.70. The number of aryl methyl sites for hydroxylation is 3. The first-order valence-electron chi connectivity index (χ1n) is 7.89. The SMILES string of the molecule is Cc1cc(C)nc(SCC(=O)Nc2nc(-c3ccc(Cl)cc3)c(C)s2)n1. The number of carbonyl (C=O) groups excluding carboxylic acids is 1. The van der Waals surface area contributed by atoms with Gasteiger partial charge in [0.2, 0.25) is 5.91 Å². The number of thiazole rings is 1. The van der Waals surface area contributed by atoms with Crippen molar-refractivity contribution in [1.29, 1.82) is 0 Å². The van der Waals surface area contributed by atoms with E-state index >= 15 is 0 Å². The van der Waals surface area contributed by atoms with Crippen LogP contribution in [0.4, 0.5) is 5.13 Å². The maximum Gasteiger partial charge on any atom is 0.236 e. The minimum atomic E-state index is -0.130. The van der Waals surface area contributed by atoms with Crippen molar-refractivity contribution >= 4 is 45.7 Å². The first kappa shape index (κ1) is 18.8. The van der Waals surface area contributed by atoms with E-state index in [1.165, 1.54) is 23.1 Å². The van der Waals surface area contributed by atoms with E-state index in [4.69, 9.17) is 11.6 Å². The number of aromatic nitrogens is 3. The molecule has 3 rings (SSSR count). The molecule has 0 radical (unpaired) electrons. The van der Waals surface area contributed by atoms with Gasteiger partial charge in [0.15, 0.2) is 10.3 Å². The van der Waals surface area contributed by atoms with Crippen molar-refractivity contribution in [2.24, 2.45) is 0 Å². The maximum atomic E-state index is 12.2. The molecule has 0 atom stereocenters. The quantitative estimate of drug-likeness (QED) is 0.483. The topological polar surface area (TPSA) is 67.8 Å². The van der Waals surface area contributed by atoms with Gasteiger partial charge < -0.3 is 5.32 Å². The molecule has 0 saturated carbocycles.